The smallest absolute Gasteiger partial charge is 0.152 e. The predicted molar refractivity (Wildman–Crippen MR) is 70.5 cm³/mol. The quantitative estimate of drug-likeness (QED) is 0.870. The second-order valence-corrected chi connectivity index (χ2v) is 5.22. The maximum absolute atomic E-state index is 5.62. The van der Waals surface area contributed by atoms with E-state index in [9.17, 15) is 0 Å². The molecule has 0 saturated heterocycles. The number of furan rings is 1. The second kappa shape index (κ2) is 4.28. The molecular formula is C14H19N3O. The van der Waals surface area contributed by atoms with Gasteiger partial charge in [-0.2, -0.15) is 0 Å². The molecule has 3 rings (SSSR count). The number of hydrogen-bond acceptors (Lipinski definition) is 3. The summed E-state index contributed by atoms with van der Waals surface area (Å²) in [6.45, 7) is 2.94. The Morgan fingerprint density at radius 3 is 2.83 bits per heavy atom. The Hall–Kier alpha value is -1.55. The van der Waals surface area contributed by atoms with Crippen LogP contribution >= 0.6 is 0 Å². The van der Waals surface area contributed by atoms with E-state index in [0.29, 0.717) is 0 Å². The summed E-state index contributed by atoms with van der Waals surface area (Å²) in [7, 11) is 2.00. The lowest BCUT2D eigenvalue weighted by Crippen LogP contribution is -2.43. The van der Waals surface area contributed by atoms with Crippen LogP contribution in [0.4, 0.5) is 0 Å². The zero-order valence-corrected chi connectivity index (χ0v) is 10.9. The van der Waals surface area contributed by atoms with E-state index in [1.807, 2.05) is 32.3 Å². The summed E-state index contributed by atoms with van der Waals surface area (Å²) in [4.78, 5) is 7.98. The number of aromatic amines is 1. The van der Waals surface area contributed by atoms with Gasteiger partial charge >= 0.3 is 0 Å². The molecule has 2 N–H and O–H groups in total. The molecule has 2 heterocycles. The molecule has 0 unspecified atom stereocenters. The van der Waals surface area contributed by atoms with Crippen molar-refractivity contribution >= 4 is 0 Å². The molecule has 0 atom stereocenters. The summed E-state index contributed by atoms with van der Waals surface area (Å²) in [5.41, 5.74) is 1.18. The van der Waals surface area contributed by atoms with Crippen molar-refractivity contribution in [1.29, 1.82) is 0 Å². The van der Waals surface area contributed by atoms with E-state index in [2.05, 4.69) is 15.3 Å². The molecule has 1 fully saturated rings. The number of hydrogen-bond donors (Lipinski definition) is 2. The average Bonchev–Trinajstić information content (AvgIpc) is 2.92. The van der Waals surface area contributed by atoms with Crippen LogP contribution in [-0.4, -0.2) is 23.6 Å². The van der Waals surface area contributed by atoms with Crippen molar-refractivity contribution in [3.8, 4) is 11.5 Å². The highest BCUT2D eigenvalue weighted by Gasteiger charge is 2.40. The van der Waals surface area contributed by atoms with Crippen molar-refractivity contribution in [2.45, 2.75) is 31.6 Å². The van der Waals surface area contributed by atoms with Crippen LogP contribution in [0, 0.1) is 6.92 Å². The normalized spacial score (nSPS) is 17.7. The van der Waals surface area contributed by atoms with Crippen LogP contribution in [-0.2, 0) is 5.41 Å². The fourth-order valence-electron chi connectivity index (χ4n) is 2.73. The Morgan fingerprint density at radius 2 is 2.28 bits per heavy atom. The van der Waals surface area contributed by atoms with E-state index >= 15 is 0 Å². The van der Waals surface area contributed by atoms with Crippen LogP contribution in [0.2, 0.25) is 0 Å². The minimum atomic E-state index is 0.203. The fraction of sp³-hybridized carbons (Fsp3) is 0.500. The van der Waals surface area contributed by atoms with Gasteiger partial charge < -0.3 is 14.7 Å². The van der Waals surface area contributed by atoms with Gasteiger partial charge in [0.2, 0.25) is 0 Å². The monoisotopic (exact) mass is 245 g/mol. The molecule has 0 spiro atoms. The molecule has 0 radical (unpaired) electrons. The summed E-state index contributed by atoms with van der Waals surface area (Å²) in [5, 5.41) is 3.28. The maximum Gasteiger partial charge on any atom is 0.152 e. The number of imidazole rings is 1. The predicted octanol–water partition coefficient (Wildman–Crippen LogP) is 2.62. The lowest BCUT2D eigenvalue weighted by Gasteiger charge is -2.40. The Morgan fingerprint density at radius 1 is 1.44 bits per heavy atom. The molecule has 96 valence electrons. The van der Waals surface area contributed by atoms with Crippen LogP contribution in [0.5, 0.6) is 0 Å². The van der Waals surface area contributed by atoms with Gasteiger partial charge in [0.15, 0.2) is 5.76 Å². The molecule has 2 aromatic rings. The lowest BCUT2D eigenvalue weighted by molar-refractivity contribution is 0.226. The number of likely N-dealkylation sites (N-methyl/N-ethyl adjacent to an activating group) is 1. The summed E-state index contributed by atoms with van der Waals surface area (Å²) >= 11 is 0. The second-order valence-electron chi connectivity index (χ2n) is 5.22. The topological polar surface area (TPSA) is 53.9 Å². The summed E-state index contributed by atoms with van der Waals surface area (Å²) in [6, 6.07) is 3.96. The van der Waals surface area contributed by atoms with Gasteiger partial charge in [-0.1, -0.05) is 6.42 Å². The van der Waals surface area contributed by atoms with Crippen molar-refractivity contribution in [3.05, 3.63) is 29.9 Å². The molecule has 4 nitrogen and oxygen atoms in total. The van der Waals surface area contributed by atoms with Crippen molar-refractivity contribution in [2.75, 3.05) is 13.6 Å². The first-order chi connectivity index (χ1) is 8.73. The number of rotatable bonds is 4. The molecule has 0 aliphatic heterocycles. The van der Waals surface area contributed by atoms with Crippen molar-refractivity contribution in [1.82, 2.24) is 15.3 Å². The molecule has 0 amide bonds. The Bertz CT molecular complexity index is 537. The summed E-state index contributed by atoms with van der Waals surface area (Å²) in [5.74, 6) is 2.88. The van der Waals surface area contributed by atoms with Gasteiger partial charge in [-0.15, -0.1) is 0 Å². The summed E-state index contributed by atoms with van der Waals surface area (Å²) in [6.07, 6.45) is 5.58. The number of nitrogens with one attached hydrogen (secondary N) is 2. The molecule has 18 heavy (non-hydrogen) atoms. The van der Waals surface area contributed by atoms with E-state index in [1.54, 1.807) is 0 Å². The third-order valence-electron chi connectivity index (χ3n) is 3.91. The Kier molecular flexibility index (Phi) is 2.74. The number of aromatic nitrogens is 2. The third-order valence-corrected chi connectivity index (χ3v) is 3.91. The molecule has 2 aromatic heterocycles. The minimum absolute atomic E-state index is 0.203. The van der Waals surface area contributed by atoms with E-state index in [-0.39, 0.29) is 5.41 Å². The zero-order chi connectivity index (χ0) is 12.6. The molecule has 4 heteroatoms. The highest BCUT2D eigenvalue weighted by molar-refractivity contribution is 5.51. The molecule has 1 aliphatic rings. The number of aryl methyl sites for hydroxylation is 1. The van der Waals surface area contributed by atoms with E-state index < -0.39 is 0 Å². The van der Waals surface area contributed by atoms with Crippen LogP contribution in [0.25, 0.3) is 11.5 Å². The van der Waals surface area contributed by atoms with Gasteiger partial charge in [0.25, 0.3) is 0 Å². The van der Waals surface area contributed by atoms with Gasteiger partial charge in [-0.3, -0.25) is 0 Å². The highest BCUT2D eigenvalue weighted by atomic mass is 16.3. The average molecular weight is 245 g/mol. The van der Waals surface area contributed by atoms with Crippen LogP contribution in [0.3, 0.4) is 0 Å². The molecule has 0 bridgehead atoms. The molecular weight excluding hydrogens is 226 g/mol. The van der Waals surface area contributed by atoms with Crippen LogP contribution in [0.1, 0.15) is 30.8 Å². The van der Waals surface area contributed by atoms with Gasteiger partial charge in [0.05, 0.1) is 6.20 Å². The molecule has 1 aliphatic carbocycles. The largest absolute Gasteiger partial charge is 0.460 e. The third kappa shape index (κ3) is 1.77. The minimum Gasteiger partial charge on any atom is -0.460 e. The standard InChI is InChI=1S/C14H19N3O/c1-10-4-5-12(18-10)11-8-16-13(17-11)14(9-15-2)6-3-7-14/h4-5,8,15H,3,6-7,9H2,1-2H3,(H,16,17). The number of H-pyrrole nitrogens is 1. The first-order valence-corrected chi connectivity index (χ1v) is 6.50. The van der Waals surface area contributed by atoms with Crippen molar-refractivity contribution in [3.63, 3.8) is 0 Å². The van der Waals surface area contributed by atoms with E-state index in [0.717, 1.165) is 29.6 Å². The van der Waals surface area contributed by atoms with Gasteiger partial charge in [-0.25, -0.2) is 4.98 Å². The van der Waals surface area contributed by atoms with Crippen molar-refractivity contribution < 1.29 is 4.42 Å². The fourth-order valence-corrected chi connectivity index (χ4v) is 2.73. The van der Waals surface area contributed by atoms with Gasteiger partial charge in [-0.05, 0) is 38.9 Å². The number of nitrogens with zero attached hydrogens (tertiary/aromatic N) is 1. The molecule has 1 saturated carbocycles. The van der Waals surface area contributed by atoms with E-state index in [1.165, 1.54) is 19.3 Å². The first kappa shape index (κ1) is 11.5. The van der Waals surface area contributed by atoms with Crippen molar-refractivity contribution in [2.24, 2.45) is 0 Å². The Labute approximate surface area is 107 Å². The zero-order valence-electron chi connectivity index (χ0n) is 10.9. The molecule has 0 aromatic carbocycles. The highest BCUT2D eigenvalue weighted by Crippen LogP contribution is 2.42. The van der Waals surface area contributed by atoms with Gasteiger partial charge in [0, 0.05) is 12.0 Å². The maximum atomic E-state index is 5.62. The van der Waals surface area contributed by atoms with Crippen LogP contribution < -0.4 is 5.32 Å². The van der Waals surface area contributed by atoms with Gasteiger partial charge in [0.1, 0.15) is 17.3 Å². The van der Waals surface area contributed by atoms with Crippen LogP contribution in [0.15, 0.2) is 22.7 Å². The SMILES string of the molecule is CNCC1(c2ncc(-c3ccc(C)o3)[nH]2)CCC1. The van der Waals surface area contributed by atoms with E-state index in [4.69, 9.17) is 4.42 Å². The summed E-state index contributed by atoms with van der Waals surface area (Å²) < 4.78 is 5.62. The first-order valence-electron chi connectivity index (χ1n) is 6.50. The lowest BCUT2D eigenvalue weighted by atomic mass is 9.68. The Balaban J connectivity index is 1.89.